The average Bonchev–Trinajstić information content (AvgIpc) is 3.39. The number of rotatable bonds is 51. The van der Waals surface area contributed by atoms with Gasteiger partial charge in [-0.25, -0.2) is 4.79 Å². The van der Waals surface area contributed by atoms with Crippen molar-refractivity contribution in [2.45, 2.75) is 302 Å². The summed E-state index contributed by atoms with van der Waals surface area (Å²) in [6.45, 7) is 5.85. The van der Waals surface area contributed by atoms with Gasteiger partial charge in [0, 0.05) is 19.3 Å². The summed E-state index contributed by atoms with van der Waals surface area (Å²) >= 11 is 0. The molecular formula is C63H108O12. The summed E-state index contributed by atoms with van der Waals surface area (Å²) in [5.41, 5.74) is 0. The molecule has 0 aromatic carbocycles. The van der Waals surface area contributed by atoms with E-state index >= 15 is 0 Å². The lowest BCUT2D eigenvalue weighted by molar-refractivity contribution is -0.301. The number of hydrogen-bond donors (Lipinski definition) is 3. The van der Waals surface area contributed by atoms with E-state index in [1.54, 1.807) is 0 Å². The van der Waals surface area contributed by atoms with Gasteiger partial charge in [0.15, 0.2) is 24.6 Å². The maximum atomic E-state index is 13.1. The Morgan fingerprint density at radius 3 is 1.27 bits per heavy atom. The number of carbonyl (C=O) groups excluding carboxylic acids is 3. The van der Waals surface area contributed by atoms with Crippen LogP contribution in [0, 0.1) is 0 Å². The number of aliphatic hydroxyl groups is 2. The van der Waals surface area contributed by atoms with Gasteiger partial charge in [0.05, 0.1) is 6.61 Å². The highest BCUT2D eigenvalue weighted by Crippen LogP contribution is 2.26. The second-order valence-corrected chi connectivity index (χ2v) is 20.6. The van der Waals surface area contributed by atoms with Crippen LogP contribution in [-0.4, -0.2) is 89.2 Å². The van der Waals surface area contributed by atoms with Crippen molar-refractivity contribution in [3.63, 3.8) is 0 Å². The molecule has 1 rings (SSSR count). The Morgan fingerprint density at radius 2 is 0.827 bits per heavy atom. The third kappa shape index (κ3) is 41.2. The number of aliphatic carboxylic acids is 1. The Morgan fingerprint density at radius 1 is 0.440 bits per heavy atom. The molecule has 6 atom stereocenters. The molecule has 0 saturated carbocycles. The summed E-state index contributed by atoms with van der Waals surface area (Å²) in [6, 6.07) is 0. The fraction of sp³-hybridized carbons (Fsp3) is 0.778. The van der Waals surface area contributed by atoms with E-state index in [0.717, 1.165) is 135 Å². The van der Waals surface area contributed by atoms with Gasteiger partial charge in [-0.3, -0.25) is 14.4 Å². The molecule has 0 spiro atoms. The summed E-state index contributed by atoms with van der Waals surface area (Å²) in [7, 11) is 0. The molecule has 0 bridgehead atoms. The first kappa shape index (κ1) is 69.4. The van der Waals surface area contributed by atoms with Crippen molar-refractivity contribution < 1.29 is 58.2 Å². The summed E-state index contributed by atoms with van der Waals surface area (Å²) in [4.78, 5) is 51.1. The van der Waals surface area contributed by atoms with E-state index in [9.17, 15) is 34.5 Å². The minimum atomic E-state index is -1.91. The van der Waals surface area contributed by atoms with Crippen molar-refractivity contribution >= 4 is 23.9 Å². The molecule has 432 valence electrons. The lowest BCUT2D eigenvalue weighted by Crippen LogP contribution is -2.61. The first-order valence-electron chi connectivity index (χ1n) is 30.3. The van der Waals surface area contributed by atoms with Gasteiger partial charge >= 0.3 is 23.9 Å². The maximum absolute atomic E-state index is 13.1. The third-order valence-corrected chi connectivity index (χ3v) is 13.5. The average molecular weight is 1060 g/mol. The Balaban J connectivity index is 2.67. The number of ether oxygens (including phenoxy) is 5. The molecule has 12 nitrogen and oxygen atoms in total. The van der Waals surface area contributed by atoms with Crippen LogP contribution in [0.25, 0.3) is 0 Å². The second-order valence-electron chi connectivity index (χ2n) is 20.6. The third-order valence-electron chi connectivity index (χ3n) is 13.5. The Hall–Kier alpha value is -3.58. The number of hydrogen-bond acceptors (Lipinski definition) is 11. The van der Waals surface area contributed by atoms with Crippen LogP contribution in [0.15, 0.2) is 60.8 Å². The zero-order valence-corrected chi connectivity index (χ0v) is 47.5. The van der Waals surface area contributed by atoms with Gasteiger partial charge in [-0.15, -0.1) is 0 Å². The SMILES string of the molecule is CCC/C=C\C/C=C\CCCCCCCC(=O)OCC(COC1OC(C(=O)O)C(O)C(O)C1OC(=O)CCCCCCCCCCC/C=C\CCCCCCCC)OC(=O)CCCCCCC/C=C\C/C=C\CCC. The van der Waals surface area contributed by atoms with Crippen LogP contribution in [0.4, 0.5) is 0 Å². The van der Waals surface area contributed by atoms with E-state index in [1.807, 2.05) is 0 Å². The largest absolute Gasteiger partial charge is 0.479 e. The maximum Gasteiger partial charge on any atom is 0.335 e. The molecule has 0 aromatic rings. The summed E-state index contributed by atoms with van der Waals surface area (Å²) in [5.74, 6) is -3.15. The van der Waals surface area contributed by atoms with E-state index in [1.165, 1.54) is 70.6 Å². The summed E-state index contributed by atoms with van der Waals surface area (Å²) in [5, 5.41) is 31.5. The van der Waals surface area contributed by atoms with Crippen LogP contribution >= 0.6 is 0 Å². The first-order chi connectivity index (χ1) is 36.6. The lowest BCUT2D eigenvalue weighted by Gasteiger charge is -2.40. The number of esters is 3. The Labute approximate surface area is 456 Å². The highest BCUT2D eigenvalue weighted by molar-refractivity contribution is 5.74. The topological polar surface area (TPSA) is 175 Å². The summed E-state index contributed by atoms with van der Waals surface area (Å²) in [6.07, 6.45) is 50.5. The van der Waals surface area contributed by atoms with Crippen LogP contribution in [-0.2, 0) is 42.9 Å². The fourth-order valence-electron chi connectivity index (χ4n) is 8.85. The van der Waals surface area contributed by atoms with Gasteiger partial charge in [0.1, 0.15) is 18.8 Å². The molecule has 3 N–H and O–H groups in total. The van der Waals surface area contributed by atoms with Crippen LogP contribution in [0.2, 0.25) is 0 Å². The molecule has 1 heterocycles. The van der Waals surface area contributed by atoms with Crippen molar-refractivity contribution in [1.29, 1.82) is 0 Å². The monoisotopic (exact) mass is 1060 g/mol. The molecule has 1 aliphatic heterocycles. The van der Waals surface area contributed by atoms with E-state index in [2.05, 4.69) is 81.5 Å². The van der Waals surface area contributed by atoms with E-state index in [-0.39, 0.29) is 25.9 Å². The zero-order valence-electron chi connectivity index (χ0n) is 47.5. The van der Waals surface area contributed by atoms with Gasteiger partial charge in [0.25, 0.3) is 0 Å². The molecule has 1 fully saturated rings. The molecular weight excluding hydrogens is 949 g/mol. The molecule has 6 unspecified atom stereocenters. The molecule has 75 heavy (non-hydrogen) atoms. The number of allylic oxidation sites excluding steroid dienone is 10. The normalized spacial score (nSPS) is 18.5. The minimum absolute atomic E-state index is 0.0552. The first-order valence-corrected chi connectivity index (χ1v) is 30.3. The highest BCUT2D eigenvalue weighted by atomic mass is 16.7. The minimum Gasteiger partial charge on any atom is -0.479 e. The number of carboxylic acid groups (broad SMARTS) is 1. The van der Waals surface area contributed by atoms with Crippen molar-refractivity contribution in [3.8, 4) is 0 Å². The smallest absolute Gasteiger partial charge is 0.335 e. The fourth-order valence-corrected chi connectivity index (χ4v) is 8.85. The summed E-state index contributed by atoms with van der Waals surface area (Å²) < 4.78 is 28.4. The van der Waals surface area contributed by atoms with E-state index in [4.69, 9.17) is 23.7 Å². The molecule has 0 aliphatic carbocycles. The van der Waals surface area contributed by atoms with Crippen molar-refractivity contribution in [3.05, 3.63) is 60.8 Å². The van der Waals surface area contributed by atoms with Gasteiger partial charge in [0.2, 0.25) is 0 Å². The number of carbonyl (C=O) groups is 4. The van der Waals surface area contributed by atoms with Gasteiger partial charge < -0.3 is 39.0 Å². The van der Waals surface area contributed by atoms with Crippen LogP contribution in [0.3, 0.4) is 0 Å². The molecule has 1 saturated heterocycles. The standard InChI is InChI=1S/C63H108O12/c1-4-7-10-13-16-19-22-25-26-27-28-29-30-33-36-39-42-45-48-51-57(66)74-61-59(68)58(67)60(62(69)70)75-63(61)72-53-54(73-56(65)50-47-44-41-38-35-32-24-21-18-15-12-9-6-3)52-71-55(64)49-46-43-40-37-34-31-23-20-17-14-11-8-5-2/h11-12,14-15,20-21,23-26,54,58-61,63,67-68H,4-10,13,16-19,22,27-53H2,1-3H3,(H,69,70)/b14-11-,15-12-,23-20-,24-21-,26-25-. The number of carboxylic acids is 1. The molecule has 12 heteroatoms. The van der Waals surface area contributed by atoms with Crippen molar-refractivity contribution in [1.82, 2.24) is 0 Å². The molecule has 1 aliphatic rings. The quantitative estimate of drug-likeness (QED) is 0.0228. The predicted octanol–water partition coefficient (Wildman–Crippen LogP) is 15.6. The van der Waals surface area contributed by atoms with Crippen LogP contribution in [0.1, 0.15) is 265 Å². The van der Waals surface area contributed by atoms with Gasteiger partial charge in [-0.2, -0.15) is 0 Å². The van der Waals surface area contributed by atoms with E-state index < -0.39 is 67.3 Å². The molecule has 0 aromatic heterocycles. The van der Waals surface area contributed by atoms with Gasteiger partial charge in [-0.1, -0.05) is 210 Å². The lowest BCUT2D eigenvalue weighted by atomic mass is 9.98. The Bertz CT molecular complexity index is 1540. The van der Waals surface area contributed by atoms with Crippen molar-refractivity contribution in [2.24, 2.45) is 0 Å². The van der Waals surface area contributed by atoms with Crippen molar-refractivity contribution in [2.75, 3.05) is 13.2 Å². The second kappa shape index (κ2) is 51.2. The van der Waals surface area contributed by atoms with Gasteiger partial charge in [-0.05, 0) is 96.3 Å². The van der Waals surface area contributed by atoms with Crippen LogP contribution in [0.5, 0.6) is 0 Å². The Kier molecular flexibility index (Phi) is 47.4. The predicted molar refractivity (Wildman–Crippen MR) is 303 cm³/mol. The van der Waals surface area contributed by atoms with E-state index in [0.29, 0.717) is 19.3 Å². The molecule has 0 amide bonds. The zero-order chi connectivity index (χ0) is 54.7. The highest BCUT2D eigenvalue weighted by Gasteiger charge is 2.50. The van der Waals surface area contributed by atoms with Crippen LogP contribution < -0.4 is 0 Å². The number of unbranched alkanes of at least 4 members (excludes halogenated alkanes) is 27. The molecule has 0 radical (unpaired) electrons. The number of aliphatic hydroxyl groups excluding tert-OH is 2.